The molecule has 1 aromatic carbocycles. The monoisotopic (exact) mass is 269 g/mol. The normalized spacial score (nSPS) is 15.3. The Morgan fingerprint density at radius 2 is 2.27 bits per heavy atom. The molecule has 2 rings (SSSR count). The van der Waals surface area contributed by atoms with E-state index < -0.39 is 5.97 Å². The van der Waals surface area contributed by atoms with Crippen LogP contribution in [-0.4, -0.2) is 17.1 Å². The van der Waals surface area contributed by atoms with Gasteiger partial charge in [-0.3, -0.25) is 0 Å². The maximum Gasteiger partial charge on any atom is 0.335 e. The molecule has 0 unspecified atom stereocenters. The third-order valence-electron chi connectivity index (χ3n) is 2.46. The summed E-state index contributed by atoms with van der Waals surface area (Å²) in [6.07, 6.45) is 2.51. The molecule has 0 saturated heterocycles. The lowest BCUT2D eigenvalue weighted by Crippen LogP contribution is -2.15. The number of halogens is 1. The minimum absolute atomic E-state index is 0.317. The third-order valence-corrected chi connectivity index (χ3v) is 3.20. The van der Waals surface area contributed by atoms with Crippen LogP contribution >= 0.6 is 15.9 Å². The number of hydrogen-bond donors (Lipinski definition) is 2. The molecule has 0 heterocycles. The molecular weight excluding hydrogens is 258 g/mol. The van der Waals surface area contributed by atoms with Crippen LogP contribution in [0.5, 0.6) is 0 Å². The summed E-state index contributed by atoms with van der Waals surface area (Å²) in [6.45, 7) is 0.797. The minimum atomic E-state index is -0.891. The minimum Gasteiger partial charge on any atom is -0.478 e. The Kier molecular flexibility index (Phi) is 3.07. The van der Waals surface area contributed by atoms with Gasteiger partial charge in [-0.15, -0.1) is 0 Å². The second-order valence-corrected chi connectivity index (χ2v) is 4.62. The Balaban J connectivity index is 2.07. The fourth-order valence-corrected chi connectivity index (χ4v) is 1.88. The number of aromatic carboxylic acids is 1. The average molecular weight is 270 g/mol. The number of carboxylic acid groups (broad SMARTS) is 1. The summed E-state index contributed by atoms with van der Waals surface area (Å²) in [7, 11) is 0. The van der Waals surface area contributed by atoms with E-state index in [1.165, 1.54) is 12.8 Å². The van der Waals surface area contributed by atoms with E-state index in [2.05, 4.69) is 21.2 Å². The smallest absolute Gasteiger partial charge is 0.335 e. The van der Waals surface area contributed by atoms with Gasteiger partial charge in [0.2, 0.25) is 0 Å². The highest BCUT2D eigenvalue weighted by Crippen LogP contribution is 2.22. The van der Waals surface area contributed by atoms with Crippen molar-refractivity contribution in [2.24, 2.45) is 0 Å². The van der Waals surface area contributed by atoms with Crippen LogP contribution in [0.15, 0.2) is 22.7 Å². The molecule has 0 atom stereocenters. The van der Waals surface area contributed by atoms with Gasteiger partial charge in [0, 0.05) is 17.1 Å². The van der Waals surface area contributed by atoms with Crippen LogP contribution in [0.4, 0.5) is 0 Å². The van der Waals surface area contributed by atoms with Gasteiger partial charge < -0.3 is 10.4 Å². The zero-order chi connectivity index (χ0) is 10.8. The average Bonchev–Trinajstić information content (AvgIpc) is 2.99. The molecule has 0 aliphatic heterocycles. The van der Waals surface area contributed by atoms with Crippen LogP contribution < -0.4 is 5.32 Å². The van der Waals surface area contributed by atoms with E-state index in [4.69, 9.17) is 5.11 Å². The largest absolute Gasteiger partial charge is 0.478 e. The van der Waals surface area contributed by atoms with Crippen molar-refractivity contribution in [2.75, 3.05) is 0 Å². The quantitative estimate of drug-likeness (QED) is 0.883. The Morgan fingerprint density at radius 3 is 2.80 bits per heavy atom. The standard InChI is InChI=1S/C11H12BrNO2/c12-10-5-7(11(14)15)1-2-8(10)6-13-9-3-4-9/h1-2,5,9,13H,3-4,6H2,(H,14,15). The summed E-state index contributed by atoms with van der Waals surface area (Å²) in [5, 5.41) is 12.2. The van der Waals surface area contributed by atoms with Crippen LogP contribution in [0.25, 0.3) is 0 Å². The van der Waals surface area contributed by atoms with Gasteiger partial charge in [0.25, 0.3) is 0 Å². The van der Waals surface area contributed by atoms with E-state index in [-0.39, 0.29) is 0 Å². The van der Waals surface area contributed by atoms with Gasteiger partial charge in [-0.05, 0) is 30.5 Å². The highest BCUT2D eigenvalue weighted by molar-refractivity contribution is 9.10. The van der Waals surface area contributed by atoms with Gasteiger partial charge in [-0.25, -0.2) is 4.79 Å². The Hall–Kier alpha value is -0.870. The second-order valence-electron chi connectivity index (χ2n) is 3.77. The van der Waals surface area contributed by atoms with Crippen molar-refractivity contribution in [2.45, 2.75) is 25.4 Å². The fraction of sp³-hybridized carbons (Fsp3) is 0.364. The first-order valence-electron chi connectivity index (χ1n) is 4.92. The van der Waals surface area contributed by atoms with E-state index in [0.29, 0.717) is 11.6 Å². The van der Waals surface area contributed by atoms with E-state index in [9.17, 15) is 4.79 Å². The van der Waals surface area contributed by atoms with Gasteiger partial charge in [-0.1, -0.05) is 22.0 Å². The van der Waals surface area contributed by atoms with Gasteiger partial charge in [0.05, 0.1) is 5.56 Å². The van der Waals surface area contributed by atoms with Crippen molar-refractivity contribution in [1.29, 1.82) is 0 Å². The highest BCUT2D eigenvalue weighted by Gasteiger charge is 2.20. The summed E-state index contributed by atoms with van der Waals surface area (Å²) < 4.78 is 0.857. The number of benzene rings is 1. The number of rotatable bonds is 4. The highest BCUT2D eigenvalue weighted by atomic mass is 79.9. The molecule has 2 N–H and O–H groups in total. The van der Waals surface area contributed by atoms with E-state index >= 15 is 0 Å². The number of carbonyl (C=O) groups is 1. The van der Waals surface area contributed by atoms with Crippen LogP contribution in [0.3, 0.4) is 0 Å². The zero-order valence-corrected chi connectivity index (χ0v) is 9.75. The van der Waals surface area contributed by atoms with Crippen LogP contribution in [-0.2, 0) is 6.54 Å². The summed E-state index contributed by atoms with van der Waals surface area (Å²) in [5.74, 6) is -0.891. The molecule has 0 aromatic heterocycles. The van der Waals surface area contributed by atoms with Gasteiger partial charge >= 0.3 is 5.97 Å². The molecule has 1 saturated carbocycles. The number of carboxylic acids is 1. The lowest BCUT2D eigenvalue weighted by atomic mass is 10.1. The summed E-state index contributed by atoms with van der Waals surface area (Å²) in [4.78, 5) is 10.7. The van der Waals surface area contributed by atoms with Crippen molar-refractivity contribution >= 4 is 21.9 Å². The molecule has 0 spiro atoms. The molecule has 1 fully saturated rings. The van der Waals surface area contributed by atoms with Crippen molar-refractivity contribution in [1.82, 2.24) is 5.32 Å². The van der Waals surface area contributed by atoms with Crippen molar-refractivity contribution < 1.29 is 9.90 Å². The van der Waals surface area contributed by atoms with Gasteiger partial charge in [0.1, 0.15) is 0 Å². The third kappa shape index (κ3) is 2.79. The number of nitrogens with one attached hydrogen (secondary N) is 1. The molecule has 0 bridgehead atoms. The first-order chi connectivity index (χ1) is 7.16. The number of hydrogen-bond acceptors (Lipinski definition) is 2. The fourth-order valence-electron chi connectivity index (χ4n) is 1.37. The molecule has 3 nitrogen and oxygen atoms in total. The molecule has 4 heteroatoms. The second kappa shape index (κ2) is 4.33. The Bertz CT molecular complexity index is 388. The lowest BCUT2D eigenvalue weighted by Gasteiger charge is -2.06. The van der Waals surface area contributed by atoms with Crippen molar-refractivity contribution in [3.05, 3.63) is 33.8 Å². The molecule has 1 aliphatic rings. The van der Waals surface area contributed by atoms with Crippen molar-refractivity contribution in [3.8, 4) is 0 Å². The lowest BCUT2D eigenvalue weighted by molar-refractivity contribution is 0.0697. The van der Waals surface area contributed by atoms with Crippen LogP contribution in [0, 0.1) is 0 Å². The Labute approximate surface area is 96.6 Å². The summed E-state index contributed by atoms with van der Waals surface area (Å²) >= 11 is 3.38. The molecule has 0 amide bonds. The van der Waals surface area contributed by atoms with Crippen LogP contribution in [0.2, 0.25) is 0 Å². The van der Waals surface area contributed by atoms with E-state index in [0.717, 1.165) is 16.6 Å². The van der Waals surface area contributed by atoms with Gasteiger partial charge in [-0.2, -0.15) is 0 Å². The predicted octanol–water partition coefficient (Wildman–Crippen LogP) is 2.40. The van der Waals surface area contributed by atoms with E-state index in [1.54, 1.807) is 12.1 Å². The zero-order valence-electron chi connectivity index (χ0n) is 8.16. The van der Waals surface area contributed by atoms with Crippen molar-refractivity contribution in [3.63, 3.8) is 0 Å². The predicted molar refractivity (Wildman–Crippen MR) is 61.0 cm³/mol. The van der Waals surface area contributed by atoms with Crippen LogP contribution in [0.1, 0.15) is 28.8 Å². The summed E-state index contributed by atoms with van der Waals surface area (Å²) in [6, 6.07) is 5.79. The molecule has 1 aliphatic carbocycles. The topological polar surface area (TPSA) is 49.3 Å². The molecular formula is C11H12BrNO2. The maximum absolute atomic E-state index is 10.7. The molecule has 80 valence electrons. The first-order valence-corrected chi connectivity index (χ1v) is 5.71. The summed E-state index contributed by atoms with van der Waals surface area (Å²) in [5.41, 5.74) is 1.42. The molecule has 0 radical (unpaired) electrons. The molecule has 15 heavy (non-hydrogen) atoms. The SMILES string of the molecule is O=C(O)c1ccc(CNC2CC2)c(Br)c1. The first kappa shape index (κ1) is 10.6. The van der Waals surface area contributed by atoms with Gasteiger partial charge in [0.15, 0.2) is 0 Å². The maximum atomic E-state index is 10.7. The Morgan fingerprint density at radius 1 is 1.53 bits per heavy atom. The van der Waals surface area contributed by atoms with E-state index in [1.807, 2.05) is 6.07 Å². The molecule has 1 aromatic rings.